The van der Waals surface area contributed by atoms with Crippen LogP contribution in [-0.2, 0) is 4.79 Å². The van der Waals surface area contributed by atoms with Gasteiger partial charge in [-0.05, 0) is 24.3 Å². The molecule has 2 nitrogen and oxygen atoms in total. The van der Waals surface area contributed by atoms with E-state index in [1.807, 2.05) is 42.5 Å². The predicted octanol–water partition coefficient (Wildman–Crippen LogP) is 3.89. The van der Waals surface area contributed by atoms with Gasteiger partial charge in [-0.3, -0.25) is 4.79 Å². The molecule has 0 spiro atoms. The smallest absolute Gasteiger partial charge is 0.256 e. The van der Waals surface area contributed by atoms with Crippen LogP contribution in [0.5, 0.6) is 0 Å². The lowest BCUT2D eigenvalue weighted by Crippen LogP contribution is -2.03. The maximum Gasteiger partial charge on any atom is 0.256 e. The van der Waals surface area contributed by atoms with Crippen molar-refractivity contribution in [2.75, 3.05) is 5.32 Å². The second-order valence-corrected chi connectivity index (χ2v) is 5.45. The van der Waals surface area contributed by atoms with Crippen LogP contribution >= 0.6 is 22.9 Å². The normalized spacial score (nSPS) is 16.1. The van der Waals surface area contributed by atoms with E-state index in [1.54, 1.807) is 0 Å². The van der Waals surface area contributed by atoms with Crippen molar-refractivity contribution in [1.29, 1.82) is 0 Å². The lowest BCUT2D eigenvalue weighted by molar-refractivity contribution is -0.110. The molecule has 0 fully saturated rings. The summed E-state index contributed by atoms with van der Waals surface area (Å²) < 4.78 is 0.726. The van der Waals surface area contributed by atoms with Crippen LogP contribution < -0.4 is 5.32 Å². The summed E-state index contributed by atoms with van der Waals surface area (Å²) in [5, 5.41) is 2.84. The summed E-state index contributed by atoms with van der Waals surface area (Å²) in [6.45, 7) is 0. The molecule has 1 aromatic heterocycles. The first-order valence-corrected chi connectivity index (χ1v) is 6.31. The first-order chi connectivity index (χ1) is 8.24. The molecule has 2 heterocycles. The molecule has 17 heavy (non-hydrogen) atoms. The number of amides is 1. The molecule has 3 rings (SSSR count). The Bertz CT molecular complexity index is 630. The minimum absolute atomic E-state index is 0.0595. The number of thiophene rings is 1. The number of carbonyl (C=O) groups excluding carboxylic acids is 1. The van der Waals surface area contributed by atoms with Crippen LogP contribution in [-0.4, -0.2) is 5.91 Å². The molecule has 0 bridgehead atoms. The van der Waals surface area contributed by atoms with Gasteiger partial charge in [0.15, 0.2) is 0 Å². The molecule has 4 heteroatoms. The van der Waals surface area contributed by atoms with Crippen LogP contribution in [0.4, 0.5) is 5.69 Å². The first kappa shape index (κ1) is 10.6. The second-order valence-electron chi connectivity index (χ2n) is 3.70. The van der Waals surface area contributed by atoms with Crippen molar-refractivity contribution in [2.24, 2.45) is 0 Å². The quantitative estimate of drug-likeness (QED) is 0.775. The number of anilines is 1. The monoisotopic (exact) mass is 261 g/mol. The van der Waals surface area contributed by atoms with Crippen LogP contribution in [0.25, 0.3) is 11.6 Å². The van der Waals surface area contributed by atoms with Crippen LogP contribution in [0.1, 0.15) is 10.4 Å². The molecule has 0 aliphatic carbocycles. The average molecular weight is 262 g/mol. The highest BCUT2D eigenvalue weighted by Crippen LogP contribution is 2.34. The molecule has 2 aromatic rings. The molecule has 1 amide bonds. The molecular weight excluding hydrogens is 254 g/mol. The van der Waals surface area contributed by atoms with E-state index in [4.69, 9.17) is 11.6 Å². The molecule has 1 aliphatic heterocycles. The molecule has 1 aromatic carbocycles. The number of nitrogens with one attached hydrogen (secondary N) is 1. The van der Waals surface area contributed by atoms with Crippen molar-refractivity contribution in [3.8, 4) is 0 Å². The van der Waals surface area contributed by atoms with Crippen molar-refractivity contribution in [3.63, 3.8) is 0 Å². The van der Waals surface area contributed by atoms with E-state index in [-0.39, 0.29) is 5.91 Å². The molecule has 0 atom stereocenters. The van der Waals surface area contributed by atoms with Crippen molar-refractivity contribution in [3.05, 3.63) is 51.2 Å². The Morgan fingerprint density at radius 3 is 2.76 bits per heavy atom. The summed E-state index contributed by atoms with van der Waals surface area (Å²) in [7, 11) is 0. The molecule has 0 unspecified atom stereocenters. The number of rotatable bonds is 1. The highest BCUT2D eigenvalue weighted by atomic mass is 35.5. The fourth-order valence-corrected chi connectivity index (χ4v) is 2.83. The number of para-hydroxylation sites is 1. The zero-order valence-electron chi connectivity index (χ0n) is 8.74. The highest BCUT2D eigenvalue weighted by Gasteiger charge is 2.23. The van der Waals surface area contributed by atoms with Crippen molar-refractivity contribution >= 4 is 46.2 Å². The highest BCUT2D eigenvalue weighted by molar-refractivity contribution is 7.17. The summed E-state index contributed by atoms with van der Waals surface area (Å²) in [6.07, 6.45) is 1.87. The third kappa shape index (κ3) is 1.88. The first-order valence-electron chi connectivity index (χ1n) is 5.12. The van der Waals surface area contributed by atoms with E-state index >= 15 is 0 Å². The van der Waals surface area contributed by atoms with Crippen LogP contribution in [0.3, 0.4) is 0 Å². The van der Waals surface area contributed by atoms with Gasteiger partial charge in [0.25, 0.3) is 5.91 Å². The number of hydrogen-bond acceptors (Lipinski definition) is 2. The number of fused-ring (bicyclic) bond motifs is 1. The number of halogens is 1. The summed E-state index contributed by atoms with van der Waals surface area (Å²) in [6, 6.07) is 11.4. The zero-order valence-corrected chi connectivity index (χ0v) is 10.3. The van der Waals surface area contributed by atoms with Gasteiger partial charge in [-0.25, -0.2) is 0 Å². The van der Waals surface area contributed by atoms with Crippen LogP contribution in [0.15, 0.2) is 36.4 Å². The molecule has 0 saturated carbocycles. The standard InChI is InChI=1S/C13H8ClNOS/c14-12-6-5-8(17-12)7-10-9-3-1-2-4-11(9)15-13(10)16/h1-7H,(H,15,16). The Labute approximate surface area is 108 Å². The van der Waals surface area contributed by atoms with Gasteiger partial charge in [0, 0.05) is 16.1 Å². The average Bonchev–Trinajstić information content (AvgIpc) is 2.85. The number of carbonyl (C=O) groups is 1. The number of benzene rings is 1. The fraction of sp³-hybridized carbons (Fsp3) is 0. The Morgan fingerprint density at radius 1 is 1.18 bits per heavy atom. The Morgan fingerprint density at radius 2 is 2.00 bits per heavy atom. The van der Waals surface area contributed by atoms with E-state index in [9.17, 15) is 4.79 Å². The fourth-order valence-electron chi connectivity index (χ4n) is 1.83. The summed E-state index contributed by atoms with van der Waals surface area (Å²) >= 11 is 7.33. The topological polar surface area (TPSA) is 29.1 Å². The van der Waals surface area contributed by atoms with Gasteiger partial charge in [0.05, 0.1) is 9.91 Å². The third-order valence-corrected chi connectivity index (χ3v) is 3.77. The Balaban J connectivity index is 2.09. The molecule has 0 saturated heterocycles. The Hall–Kier alpha value is -1.58. The van der Waals surface area contributed by atoms with E-state index < -0.39 is 0 Å². The Kier molecular flexibility index (Phi) is 2.50. The minimum atomic E-state index is -0.0595. The lowest BCUT2D eigenvalue weighted by Gasteiger charge is -1.95. The maximum atomic E-state index is 11.8. The van der Waals surface area contributed by atoms with Crippen molar-refractivity contribution in [1.82, 2.24) is 0 Å². The van der Waals surface area contributed by atoms with E-state index in [1.165, 1.54) is 11.3 Å². The zero-order chi connectivity index (χ0) is 11.8. The van der Waals surface area contributed by atoms with Crippen molar-refractivity contribution < 1.29 is 4.79 Å². The van der Waals surface area contributed by atoms with E-state index in [2.05, 4.69) is 5.32 Å². The maximum absolute atomic E-state index is 11.8. The SMILES string of the molecule is O=C1Nc2ccccc2C1=Cc1ccc(Cl)s1. The molecule has 1 N–H and O–H groups in total. The van der Waals surface area contributed by atoms with E-state index in [0.717, 1.165) is 20.5 Å². The molecule has 1 aliphatic rings. The number of hydrogen-bond donors (Lipinski definition) is 1. The van der Waals surface area contributed by atoms with Gasteiger partial charge >= 0.3 is 0 Å². The minimum Gasteiger partial charge on any atom is -0.321 e. The van der Waals surface area contributed by atoms with Gasteiger partial charge in [0.1, 0.15) is 0 Å². The predicted molar refractivity (Wildman–Crippen MR) is 72.3 cm³/mol. The van der Waals surface area contributed by atoms with Gasteiger partial charge in [0.2, 0.25) is 0 Å². The van der Waals surface area contributed by atoms with Gasteiger partial charge in [-0.15, -0.1) is 11.3 Å². The largest absolute Gasteiger partial charge is 0.321 e. The van der Waals surface area contributed by atoms with E-state index in [0.29, 0.717) is 5.57 Å². The summed E-state index contributed by atoms with van der Waals surface area (Å²) in [5.74, 6) is -0.0595. The lowest BCUT2D eigenvalue weighted by atomic mass is 10.1. The van der Waals surface area contributed by atoms with Gasteiger partial charge in [-0.2, -0.15) is 0 Å². The van der Waals surface area contributed by atoms with Crippen LogP contribution in [0.2, 0.25) is 4.34 Å². The van der Waals surface area contributed by atoms with Crippen LogP contribution in [0, 0.1) is 0 Å². The van der Waals surface area contributed by atoms with Gasteiger partial charge < -0.3 is 5.32 Å². The third-order valence-electron chi connectivity index (χ3n) is 2.59. The second kappa shape index (κ2) is 4.02. The molecule has 0 radical (unpaired) electrons. The summed E-state index contributed by atoms with van der Waals surface area (Å²) in [4.78, 5) is 12.8. The summed E-state index contributed by atoms with van der Waals surface area (Å²) in [5.41, 5.74) is 2.51. The van der Waals surface area contributed by atoms with Crippen molar-refractivity contribution in [2.45, 2.75) is 0 Å². The van der Waals surface area contributed by atoms with Gasteiger partial charge in [-0.1, -0.05) is 29.8 Å². The molecular formula is C13H8ClNOS. The molecule has 84 valence electrons.